The van der Waals surface area contributed by atoms with Crippen LogP contribution in [0.3, 0.4) is 0 Å². The average molecular weight is 609 g/mol. The van der Waals surface area contributed by atoms with E-state index in [0.29, 0.717) is 42.2 Å². The van der Waals surface area contributed by atoms with Crippen molar-refractivity contribution in [3.8, 4) is 34.3 Å². The third kappa shape index (κ3) is 6.77. The van der Waals surface area contributed by atoms with E-state index in [4.69, 9.17) is 14.2 Å². The number of hydrogen-bond donors (Lipinski definition) is 0. The maximum atomic E-state index is 14.3. The highest BCUT2D eigenvalue weighted by molar-refractivity contribution is 5.87. The molecule has 0 saturated carbocycles. The molecule has 0 aliphatic carbocycles. The molecule has 0 bridgehead atoms. The lowest BCUT2D eigenvalue weighted by Crippen LogP contribution is -2.10. The van der Waals surface area contributed by atoms with Gasteiger partial charge in [-0.3, -0.25) is 4.79 Å². The Morgan fingerprint density at radius 1 is 0.727 bits per heavy atom. The summed E-state index contributed by atoms with van der Waals surface area (Å²) >= 11 is 0. The van der Waals surface area contributed by atoms with E-state index in [9.17, 15) is 26.7 Å². The predicted molar refractivity (Wildman–Crippen MR) is 152 cm³/mol. The molecule has 4 aromatic carbocycles. The fraction of sp³-hybridized carbons (Fsp3) is 0.182. The van der Waals surface area contributed by atoms with Gasteiger partial charge in [0.2, 0.25) is 11.7 Å². The fourth-order valence-electron chi connectivity index (χ4n) is 4.40. The number of nitrogens with zero attached hydrogens (tertiary/aromatic N) is 2. The van der Waals surface area contributed by atoms with Crippen molar-refractivity contribution >= 4 is 16.7 Å². The number of hydrogen-bond acceptors (Lipinski definition) is 6. The molecule has 0 aliphatic rings. The second-order valence-electron chi connectivity index (χ2n) is 9.60. The zero-order chi connectivity index (χ0) is 31.2. The smallest absolute Gasteiger partial charge is 0.305 e. The van der Waals surface area contributed by atoms with Crippen LogP contribution in [0.15, 0.2) is 72.8 Å². The van der Waals surface area contributed by atoms with Crippen molar-refractivity contribution in [1.29, 1.82) is 0 Å². The van der Waals surface area contributed by atoms with Gasteiger partial charge in [0.25, 0.3) is 0 Å². The van der Waals surface area contributed by atoms with E-state index in [2.05, 4.69) is 9.97 Å². The summed E-state index contributed by atoms with van der Waals surface area (Å²) in [4.78, 5) is 20.5. The zero-order valence-corrected chi connectivity index (χ0v) is 23.4. The molecule has 11 heteroatoms. The van der Waals surface area contributed by atoms with Gasteiger partial charge in [-0.1, -0.05) is 48.5 Å². The first-order valence-electron chi connectivity index (χ1n) is 13.7. The molecule has 1 aromatic heterocycles. The van der Waals surface area contributed by atoms with Gasteiger partial charge in [-0.15, -0.1) is 0 Å². The number of carbonyl (C=O) groups is 1. The van der Waals surface area contributed by atoms with Gasteiger partial charge in [-0.05, 0) is 42.3 Å². The Labute approximate surface area is 249 Å². The molecule has 44 heavy (non-hydrogen) atoms. The molecule has 0 saturated heterocycles. The van der Waals surface area contributed by atoms with Crippen LogP contribution in [0.2, 0.25) is 0 Å². The van der Waals surface area contributed by atoms with Crippen LogP contribution in [0.1, 0.15) is 25.3 Å². The van der Waals surface area contributed by atoms with Gasteiger partial charge in [0.05, 0.1) is 24.5 Å². The topological polar surface area (TPSA) is 70.5 Å². The van der Waals surface area contributed by atoms with E-state index in [1.54, 1.807) is 43.3 Å². The normalized spacial score (nSPS) is 11.0. The molecule has 0 unspecified atom stereocenters. The lowest BCUT2D eigenvalue weighted by Gasteiger charge is -2.12. The summed E-state index contributed by atoms with van der Waals surface area (Å²) in [6, 6.07) is 21.3. The van der Waals surface area contributed by atoms with Crippen molar-refractivity contribution in [3.05, 3.63) is 107 Å². The number of ether oxygens (including phenoxy) is 3. The van der Waals surface area contributed by atoms with Crippen LogP contribution in [0, 0.1) is 29.1 Å². The lowest BCUT2D eigenvalue weighted by atomic mass is 10.1. The summed E-state index contributed by atoms with van der Waals surface area (Å²) in [5, 5.41) is 1.69. The van der Waals surface area contributed by atoms with Crippen LogP contribution in [-0.2, 0) is 16.1 Å². The standard InChI is InChI=1S/C33H25F5N2O4/c1-2-42-27(41)9-6-14-43-23-13-12-20-15-22(11-10-21(20)16-23)33-39-25(19-7-4-3-5-8-19)17-26(40-33)44-18-24-28(34)30(36)32(38)31(37)29(24)35/h3-5,7-8,10-13,15-17H,2,6,9,14,18H2,1H3. The van der Waals surface area contributed by atoms with Crippen molar-refractivity contribution in [2.75, 3.05) is 13.2 Å². The maximum Gasteiger partial charge on any atom is 0.305 e. The Bertz CT molecular complexity index is 1790. The Morgan fingerprint density at radius 3 is 2.14 bits per heavy atom. The number of aromatic nitrogens is 2. The maximum absolute atomic E-state index is 14.3. The Hall–Kier alpha value is -5.06. The highest BCUT2D eigenvalue weighted by Gasteiger charge is 2.26. The lowest BCUT2D eigenvalue weighted by molar-refractivity contribution is -0.143. The van der Waals surface area contributed by atoms with Crippen LogP contribution < -0.4 is 9.47 Å². The van der Waals surface area contributed by atoms with Gasteiger partial charge in [-0.25, -0.2) is 26.9 Å². The molecule has 0 amide bonds. The predicted octanol–water partition coefficient (Wildman–Crippen LogP) is 7.96. The van der Waals surface area contributed by atoms with Crippen LogP contribution in [0.5, 0.6) is 11.6 Å². The number of fused-ring (bicyclic) bond motifs is 1. The first kappa shape index (κ1) is 30.4. The molecule has 0 atom stereocenters. The van der Waals surface area contributed by atoms with E-state index in [1.807, 2.05) is 30.3 Å². The van der Waals surface area contributed by atoms with E-state index >= 15 is 0 Å². The van der Waals surface area contributed by atoms with Crippen LogP contribution in [0.4, 0.5) is 22.0 Å². The van der Waals surface area contributed by atoms with E-state index in [1.165, 1.54) is 6.07 Å². The van der Waals surface area contributed by atoms with Crippen molar-refractivity contribution < 1.29 is 41.0 Å². The van der Waals surface area contributed by atoms with E-state index < -0.39 is 41.3 Å². The van der Waals surface area contributed by atoms with Crippen molar-refractivity contribution in [1.82, 2.24) is 9.97 Å². The minimum Gasteiger partial charge on any atom is -0.494 e. The summed E-state index contributed by atoms with van der Waals surface area (Å²) in [5.74, 6) is -9.89. The van der Waals surface area contributed by atoms with E-state index in [-0.39, 0.29) is 24.1 Å². The summed E-state index contributed by atoms with van der Waals surface area (Å²) in [6.07, 6.45) is 0.777. The van der Waals surface area contributed by atoms with Crippen molar-refractivity contribution in [2.24, 2.45) is 0 Å². The first-order valence-corrected chi connectivity index (χ1v) is 13.7. The van der Waals surface area contributed by atoms with Crippen LogP contribution in [-0.4, -0.2) is 29.2 Å². The molecule has 5 rings (SSSR count). The van der Waals surface area contributed by atoms with Gasteiger partial charge >= 0.3 is 5.97 Å². The summed E-state index contributed by atoms with van der Waals surface area (Å²) in [7, 11) is 0. The third-order valence-electron chi connectivity index (χ3n) is 6.61. The second-order valence-corrected chi connectivity index (χ2v) is 9.60. The van der Waals surface area contributed by atoms with Gasteiger partial charge in [-0.2, -0.15) is 4.98 Å². The second kappa shape index (κ2) is 13.5. The monoisotopic (exact) mass is 608 g/mol. The molecule has 1 heterocycles. The van der Waals surface area contributed by atoms with Gasteiger partial charge in [0.15, 0.2) is 29.1 Å². The molecule has 5 aromatic rings. The fourth-order valence-corrected chi connectivity index (χ4v) is 4.40. The zero-order valence-electron chi connectivity index (χ0n) is 23.4. The van der Waals surface area contributed by atoms with Gasteiger partial charge < -0.3 is 14.2 Å². The quantitative estimate of drug-likeness (QED) is 0.0498. The highest BCUT2D eigenvalue weighted by Crippen LogP contribution is 2.30. The Balaban J connectivity index is 1.41. The SMILES string of the molecule is CCOC(=O)CCCOc1ccc2cc(-c3nc(OCc4c(F)c(F)c(F)c(F)c4F)cc(-c4ccccc4)n3)ccc2c1. The largest absolute Gasteiger partial charge is 0.494 e. The number of benzene rings is 4. The molecule has 6 nitrogen and oxygen atoms in total. The van der Waals surface area contributed by atoms with E-state index in [0.717, 1.165) is 10.8 Å². The summed E-state index contributed by atoms with van der Waals surface area (Å²) < 4.78 is 85.6. The highest BCUT2D eigenvalue weighted by atomic mass is 19.2. The molecule has 0 aliphatic heterocycles. The number of carbonyl (C=O) groups excluding carboxylic acids is 1. The van der Waals surface area contributed by atoms with Crippen molar-refractivity contribution in [3.63, 3.8) is 0 Å². The number of rotatable bonds is 11. The molecule has 226 valence electrons. The Kier molecular flexibility index (Phi) is 9.32. The first-order chi connectivity index (χ1) is 21.2. The molecule has 0 radical (unpaired) electrons. The third-order valence-corrected chi connectivity index (χ3v) is 6.61. The number of esters is 1. The molecular weight excluding hydrogens is 583 g/mol. The van der Waals surface area contributed by atoms with Gasteiger partial charge in [0, 0.05) is 23.6 Å². The Morgan fingerprint density at radius 2 is 1.41 bits per heavy atom. The summed E-state index contributed by atoms with van der Waals surface area (Å²) in [5.41, 5.74) is 0.560. The van der Waals surface area contributed by atoms with Gasteiger partial charge in [0.1, 0.15) is 12.4 Å². The van der Waals surface area contributed by atoms with Crippen LogP contribution >= 0.6 is 0 Å². The molecular formula is C33H25F5N2O4. The average Bonchev–Trinajstić information content (AvgIpc) is 3.05. The minimum absolute atomic E-state index is 0.135. The molecule has 0 N–H and O–H groups in total. The molecule has 0 spiro atoms. The molecule has 0 fully saturated rings. The van der Waals surface area contributed by atoms with Crippen molar-refractivity contribution in [2.45, 2.75) is 26.4 Å². The van der Waals surface area contributed by atoms with Crippen LogP contribution in [0.25, 0.3) is 33.4 Å². The summed E-state index contributed by atoms with van der Waals surface area (Å²) in [6.45, 7) is 1.47. The number of halogens is 5. The minimum atomic E-state index is -2.25.